The number of ether oxygens (including phenoxy) is 1. The van der Waals surface area contributed by atoms with E-state index in [2.05, 4.69) is 0 Å². The number of hydrogen-bond donors (Lipinski definition) is 1. The SMILES string of the molecule is Cl.NCC(=O)N1CCC(OC2CCCC2)CC1. The number of nitrogens with two attached hydrogens (primary N) is 1. The van der Waals surface area contributed by atoms with Crippen LogP contribution in [0.4, 0.5) is 0 Å². The minimum absolute atomic E-state index is 0. The van der Waals surface area contributed by atoms with Gasteiger partial charge in [-0.1, -0.05) is 12.8 Å². The fourth-order valence-corrected chi connectivity index (χ4v) is 2.67. The van der Waals surface area contributed by atoms with Crippen molar-refractivity contribution in [2.45, 2.75) is 50.7 Å². The molecule has 4 nitrogen and oxygen atoms in total. The zero-order valence-corrected chi connectivity index (χ0v) is 11.1. The molecule has 0 spiro atoms. The molecule has 2 rings (SSSR count). The summed E-state index contributed by atoms with van der Waals surface area (Å²) in [7, 11) is 0. The van der Waals surface area contributed by atoms with Crippen LogP contribution >= 0.6 is 12.4 Å². The van der Waals surface area contributed by atoms with Crippen LogP contribution in [0.3, 0.4) is 0 Å². The molecule has 2 fully saturated rings. The Bertz CT molecular complexity index is 237. The Morgan fingerprint density at radius 2 is 1.65 bits per heavy atom. The number of piperidine rings is 1. The lowest BCUT2D eigenvalue weighted by molar-refractivity contribution is -0.133. The molecular weight excluding hydrogens is 240 g/mol. The number of nitrogens with zero attached hydrogens (tertiary/aromatic N) is 1. The van der Waals surface area contributed by atoms with Crippen LogP contribution in [0.15, 0.2) is 0 Å². The Labute approximate surface area is 109 Å². The van der Waals surface area contributed by atoms with E-state index in [0.29, 0.717) is 12.2 Å². The molecule has 0 atom stereocenters. The summed E-state index contributed by atoms with van der Waals surface area (Å²) in [6.45, 7) is 1.76. The summed E-state index contributed by atoms with van der Waals surface area (Å²) in [4.78, 5) is 13.2. The molecule has 1 saturated carbocycles. The lowest BCUT2D eigenvalue weighted by Crippen LogP contribution is -2.44. The Kier molecular flexibility index (Phi) is 6.23. The van der Waals surface area contributed by atoms with Crippen molar-refractivity contribution in [1.82, 2.24) is 4.90 Å². The summed E-state index contributed by atoms with van der Waals surface area (Å²) in [6, 6.07) is 0. The number of amides is 1. The molecule has 0 aromatic rings. The molecule has 1 heterocycles. The highest BCUT2D eigenvalue weighted by molar-refractivity contribution is 5.85. The molecule has 1 aliphatic heterocycles. The third-order valence-electron chi connectivity index (χ3n) is 3.66. The average molecular weight is 263 g/mol. The van der Waals surface area contributed by atoms with E-state index < -0.39 is 0 Å². The van der Waals surface area contributed by atoms with Crippen LogP contribution in [0.25, 0.3) is 0 Å². The van der Waals surface area contributed by atoms with Gasteiger partial charge in [0.2, 0.25) is 5.91 Å². The van der Waals surface area contributed by atoms with Crippen molar-refractivity contribution >= 4 is 18.3 Å². The molecule has 1 saturated heterocycles. The maximum Gasteiger partial charge on any atom is 0.236 e. The monoisotopic (exact) mass is 262 g/mol. The van der Waals surface area contributed by atoms with E-state index in [-0.39, 0.29) is 24.9 Å². The van der Waals surface area contributed by atoms with Gasteiger partial charge in [0, 0.05) is 13.1 Å². The van der Waals surface area contributed by atoms with E-state index in [9.17, 15) is 4.79 Å². The van der Waals surface area contributed by atoms with Gasteiger partial charge in [-0.2, -0.15) is 0 Å². The van der Waals surface area contributed by atoms with Crippen LogP contribution in [0, 0.1) is 0 Å². The summed E-state index contributed by atoms with van der Waals surface area (Å²) in [5, 5.41) is 0. The van der Waals surface area contributed by atoms with Crippen molar-refractivity contribution in [1.29, 1.82) is 0 Å². The first kappa shape index (κ1) is 14.7. The largest absolute Gasteiger partial charge is 0.375 e. The van der Waals surface area contributed by atoms with Crippen molar-refractivity contribution in [2.75, 3.05) is 19.6 Å². The molecule has 1 aliphatic carbocycles. The van der Waals surface area contributed by atoms with Crippen LogP contribution in [-0.4, -0.2) is 42.6 Å². The minimum atomic E-state index is 0. The van der Waals surface area contributed by atoms with Gasteiger partial charge in [-0.25, -0.2) is 0 Å². The fraction of sp³-hybridized carbons (Fsp3) is 0.917. The molecule has 0 aromatic carbocycles. The standard InChI is InChI=1S/C12H22N2O2.ClH/c13-9-12(15)14-7-5-11(6-8-14)16-10-3-1-2-4-10;/h10-11H,1-9,13H2;1H. The van der Waals surface area contributed by atoms with Gasteiger partial charge in [0.1, 0.15) is 0 Å². The first-order chi connectivity index (χ1) is 7.79. The number of carbonyl (C=O) groups is 1. The Morgan fingerprint density at radius 3 is 2.18 bits per heavy atom. The van der Waals surface area contributed by atoms with Crippen LogP contribution in [-0.2, 0) is 9.53 Å². The van der Waals surface area contributed by atoms with Gasteiger partial charge in [-0.15, -0.1) is 12.4 Å². The molecule has 100 valence electrons. The molecule has 2 N–H and O–H groups in total. The summed E-state index contributed by atoms with van der Waals surface area (Å²) in [5.41, 5.74) is 5.35. The lowest BCUT2D eigenvalue weighted by Gasteiger charge is -2.33. The van der Waals surface area contributed by atoms with Crippen LogP contribution in [0.2, 0.25) is 0 Å². The highest BCUT2D eigenvalue weighted by Crippen LogP contribution is 2.25. The van der Waals surface area contributed by atoms with Gasteiger partial charge in [0.15, 0.2) is 0 Å². The second-order valence-electron chi connectivity index (χ2n) is 4.83. The second-order valence-corrected chi connectivity index (χ2v) is 4.83. The molecule has 1 amide bonds. The molecule has 5 heteroatoms. The van der Waals surface area contributed by atoms with Gasteiger partial charge in [0.25, 0.3) is 0 Å². The summed E-state index contributed by atoms with van der Waals surface area (Å²) in [6.07, 6.45) is 7.88. The minimum Gasteiger partial charge on any atom is -0.375 e. The first-order valence-corrected chi connectivity index (χ1v) is 6.43. The van der Waals surface area contributed by atoms with E-state index >= 15 is 0 Å². The molecule has 0 radical (unpaired) electrons. The Morgan fingerprint density at radius 1 is 1.12 bits per heavy atom. The molecule has 17 heavy (non-hydrogen) atoms. The van der Waals surface area contributed by atoms with E-state index in [4.69, 9.17) is 10.5 Å². The number of likely N-dealkylation sites (tertiary alicyclic amines) is 1. The number of hydrogen-bond acceptors (Lipinski definition) is 3. The second kappa shape index (κ2) is 7.19. The molecule has 0 unspecified atom stereocenters. The normalized spacial score (nSPS) is 22.5. The Balaban J connectivity index is 0.00000144. The van der Waals surface area contributed by atoms with E-state index in [1.807, 2.05) is 4.90 Å². The van der Waals surface area contributed by atoms with Gasteiger partial charge < -0.3 is 15.4 Å². The quantitative estimate of drug-likeness (QED) is 0.835. The van der Waals surface area contributed by atoms with Gasteiger partial charge in [-0.3, -0.25) is 4.79 Å². The maximum atomic E-state index is 11.4. The number of carbonyl (C=O) groups excluding carboxylic acids is 1. The molecule has 0 aromatic heterocycles. The van der Waals surface area contributed by atoms with Gasteiger partial charge in [0.05, 0.1) is 18.8 Å². The van der Waals surface area contributed by atoms with Gasteiger partial charge in [-0.05, 0) is 25.7 Å². The smallest absolute Gasteiger partial charge is 0.236 e. The fourth-order valence-electron chi connectivity index (χ4n) is 2.67. The van der Waals surface area contributed by atoms with Crippen LogP contribution < -0.4 is 5.73 Å². The van der Waals surface area contributed by atoms with Crippen molar-refractivity contribution < 1.29 is 9.53 Å². The number of rotatable bonds is 3. The topological polar surface area (TPSA) is 55.6 Å². The van der Waals surface area contributed by atoms with E-state index in [1.54, 1.807) is 0 Å². The lowest BCUT2D eigenvalue weighted by atomic mass is 10.1. The highest BCUT2D eigenvalue weighted by Gasteiger charge is 2.25. The average Bonchev–Trinajstić information content (AvgIpc) is 2.82. The summed E-state index contributed by atoms with van der Waals surface area (Å²) >= 11 is 0. The first-order valence-electron chi connectivity index (χ1n) is 6.43. The van der Waals surface area contributed by atoms with Crippen LogP contribution in [0.1, 0.15) is 38.5 Å². The zero-order chi connectivity index (χ0) is 11.4. The predicted molar refractivity (Wildman–Crippen MR) is 69.2 cm³/mol. The Hall–Kier alpha value is -0.320. The maximum absolute atomic E-state index is 11.4. The summed E-state index contributed by atoms with van der Waals surface area (Å²) < 4.78 is 6.04. The van der Waals surface area contributed by atoms with E-state index in [1.165, 1.54) is 25.7 Å². The predicted octanol–water partition coefficient (Wildman–Crippen LogP) is 1.32. The third kappa shape index (κ3) is 4.12. The van der Waals surface area contributed by atoms with Crippen molar-refractivity contribution in [2.24, 2.45) is 5.73 Å². The van der Waals surface area contributed by atoms with Crippen molar-refractivity contribution in [3.63, 3.8) is 0 Å². The van der Waals surface area contributed by atoms with Crippen LogP contribution in [0.5, 0.6) is 0 Å². The zero-order valence-electron chi connectivity index (χ0n) is 10.3. The molecule has 2 aliphatic rings. The molecule has 0 bridgehead atoms. The van der Waals surface area contributed by atoms with Gasteiger partial charge >= 0.3 is 0 Å². The third-order valence-corrected chi connectivity index (χ3v) is 3.66. The molecular formula is C12H23ClN2O2. The van der Waals surface area contributed by atoms with E-state index in [0.717, 1.165) is 25.9 Å². The van der Waals surface area contributed by atoms with Crippen molar-refractivity contribution in [3.8, 4) is 0 Å². The number of halogens is 1. The summed E-state index contributed by atoms with van der Waals surface area (Å²) in [5.74, 6) is 0.0688. The highest BCUT2D eigenvalue weighted by atomic mass is 35.5. The van der Waals surface area contributed by atoms with Crippen molar-refractivity contribution in [3.05, 3.63) is 0 Å².